The van der Waals surface area contributed by atoms with Crippen LogP contribution in [0.4, 0.5) is 0 Å². The Hall–Kier alpha value is -2.31. The first-order valence-corrected chi connectivity index (χ1v) is 7.27. The molecule has 1 N–H and O–H groups in total. The fourth-order valence-corrected chi connectivity index (χ4v) is 2.23. The highest BCUT2D eigenvalue weighted by Gasteiger charge is 2.14. The lowest BCUT2D eigenvalue weighted by molar-refractivity contribution is 0.468. The van der Waals surface area contributed by atoms with Gasteiger partial charge in [0.15, 0.2) is 0 Å². The number of rotatable bonds is 6. The van der Waals surface area contributed by atoms with Crippen molar-refractivity contribution in [1.29, 1.82) is 0 Å². The molecule has 0 unspecified atom stereocenters. The van der Waals surface area contributed by atoms with Gasteiger partial charge < -0.3 is 13.7 Å². The van der Waals surface area contributed by atoms with Crippen LogP contribution in [0.3, 0.4) is 0 Å². The Kier molecular flexibility index (Phi) is 5.57. The van der Waals surface area contributed by atoms with Gasteiger partial charge >= 0.3 is 0 Å². The van der Waals surface area contributed by atoms with Crippen LogP contribution in [0.1, 0.15) is 12.8 Å². The summed E-state index contributed by atoms with van der Waals surface area (Å²) in [6, 6.07) is 5.10. The van der Waals surface area contributed by atoms with Crippen LogP contribution in [-0.2, 0) is 4.18 Å². The Bertz CT molecular complexity index is 720. The zero-order valence-electron chi connectivity index (χ0n) is 12.3. The number of benzene rings is 1. The molecule has 0 aliphatic rings. The number of hydrogen-bond acceptors (Lipinski definition) is 6. The number of aromatic nitrogens is 2. The quantitative estimate of drug-likeness (QED) is 0.635. The zero-order chi connectivity index (χ0) is 15.9. The summed E-state index contributed by atoms with van der Waals surface area (Å²) in [6.45, 7) is 5.50. The molecule has 2 rings (SSSR count). The summed E-state index contributed by atoms with van der Waals surface area (Å²) in [5.41, 5.74) is 1.26. The predicted molar refractivity (Wildman–Crippen MR) is 87.3 cm³/mol. The highest BCUT2D eigenvalue weighted by Crippen LogP contribution is 2.33. The van der Waals surface area contributed by atoms with Gasteiger partial charge in [-0.3, -0.25) is 0 Å². The van der Waals surface area contributed by atoms with E-state index < -0.39 is 0 Å². The van der Waals surface area contributed by atoms with Crippen LogP contribution in [0.2, 0.25) is 0 Å². The van der Waals surface area contributed by atoms with Crippen LogP contribution in [-0.4, -0.2) is 22.4 Å². The molecule has 0 saturated carbocycles. The van der Waals surface area contributed by atoms with Gasteiger partial charge in [-0.1, -0.05) is 24.8 Å². The molecule has 5 nitrogen and oxygen atoms in total. The molecule has 0 radical (unpaired) electrons. The first-order chi connectivity index (χ1) is 10.7. The first kappa shape index (κ1) is 16.1. The smallest absolute Gasteiger partial charge is 0.251 e. The normalized spacial score (nSPS) is 12.0. The van der Waals surface area contributed by atoms with E-state index in [4.69, 9.17) is 8.60 Å². The van der Waals surface area contributed by atoms with Crippen LogP contribution < -0.4 is 0 Å². The van der Waals surface area contributed by atoms with E-state index in [1.165, 1.54) is 0 Å². The minimum absolute atomic E-state index is 0.0564. The summed E-state index contributed by atoms with van der Waals surface area (Å²) >= 11 is 1.16. The van der Waals surface area contributed by atoms with Crippen LogP contribution in [0.25, 0.3) is 17.0 Å². The molecular formula is C16H16N2O3S. The Morgan fingerprint density at radius 1 is 1.41 bits per heavy atom. The SMILES string of the molecule is C=C/C=C\C(=C/C)c1nnc(-c2ccc(SOC)cc2O)o1. The summed E-state index contributed by atoms with van der Waals surface area (Å²) in [7, 11) is 1.56. The van der Waals surface area contributed by atoms with Crippen molar-refractivity contribution in [2.24, 2.45) is 0 Å². The molecule has 0 fully saturated rings. The Morgan fingerprint density at radius 2 is 2.23 bits per heavy atom. The lowest BCUT2D eigenvalue weighted by atomic mass is 10.2. The molecule has 0 bridgehead atoms. The molecule has 114 valence electrons. The standard InChI is InChI=1S/C16H16N2O3S/c1-4-6-7-11(5-2)15-17-18-16(21-15)13-9-8-12(22-20-3)10-14(13)19/h4-10,19H,1H2,2-3H3/b7-6-,11-5+. The van der Waals surface area contributed by atoms with Gasteiger partial charge in [0.25, 0.3) is 5.89 Å². The summed E-state index contributed by atoms with van der Waals surface area (Å²) < 4.78 is 10.6. The average molecular weight is 316 g/mol. The maximum atomic E-state index is 10.1. The van der Waals surface area contributed by atoms with Crippen molar-refractivity contribution < 1.29 is 13.7 Å². The van der Waals surface area contributed by atoms with E-state index in [-0.39, 0.29) is 11.6 Å². The summed E-state index contributed by atoms with van der Waals surface area (Å²) in [5.74, 6) is 0.694. The number of nitrogens with zero attached hydrogens (tertiary/aromatic N) is 2. The molecule has 6 heteroatoms. The van der Waals surface area contributed by atoms with E-state index in [1.807, 2.05) is 19.1 Å². The number of hydrogen-bond donors (Lipinski definition) is 1. The van der Waals surface area contributed by atoms with Gasteiger partial charge in [-0.15, -0.1) is 10.2 Å². The highest BCUT2D eigenvalue weighted by atomic mass is 32.2. The molecule has 22 heavy (non-hydrogen) atoms. The summed E-state index contributed by atoms with van der Waals surface area (Å²) in [5, 5.41) is 18.1. The number of phenols is 1. The van der Waals surface area contributed by atoms with Gasteiger partial charge in [0, 0.05) is 22.5 Å². The van der Waals surface area contributed by atoms with E-state index in [2.05, 4.69) is 16.8 Å². The minimum atomic E-state index is 0.0564. The summed E-state index contributed by atoms with van der Waals surface area (Å²) in [4.78, 5) is 0.784. The fraction of sp³-hybridized carbons (Fsp3) is 0.125. The molecule has 0 aliphatic heterocycles. The lowest BCUT2D eigenvalue weighted by Gasteiger charge is -2.02. The molecular weight excluding hydrogens is 300 g/mol. The van der Waals surface area contributed by atoms with E-state index in [9.17, 15) is 5.11 Å². The van der Waals surface area contributed by atoms with E-state index in [0.717, 1.165) is 22.5 Å². The molecule has 0 atom stereocenters. The van der Waals surface area contributed by atoms with Crippen LogP contribution in [0, 0.1) is 0 Å². The van der Waals surface area contributed by atoms with Gasteiger partial charge in [-0.05, 0) is 31.2 Å². The Morgan fingerprint density at radius 3 is 2.86 bits per heavy atom. The van der Waals surface area contributed by atoms with Crippen molar-refractivity contribution in [3.05, 3.63) is 55.0 Å². The second-order valence-electron chi connectivity index (χ2n) is 4.18. The molecule has 2 aromatic rings. The first-order valence-electron chi connectivity index (χ1n) is 6.53. The lowest BCUT2D eigenvalue weighted by Crippen LogP contribution is -1.81. The maximum Gasteiger partial charge on any atom is 0.251 e. The minimum Gasteiger partial charge on any atom is -0.507 e. The van der Waals surface area contributed by atoms with E-state index in [1.54, 1.807) is 37.5 Å². The number of phenolic OH excluding ortho intramolecular Hbond substituents is 1. The zero-order valence-corrected chi connectivity index (χ0v) is 13.1. The Balaban J connectivity index is 2.31. The van der Waals surface area contributed by atoms with Crippen molar-refractivity contribution in [3.63, 3.8) is 0 Å². The second kappa shape index (κ2) is 7.63. The summed E-state index contributed by atoms with van der Waals surface area (Å²) in [6.07, 6.45) is 7.13. The van der Waals surface area contributed by atoms with Gasteiger partial charge in [0.2, 0.25) is 5.89 Å². The second-order valence-corrected chi connectivity index (χ2v) is 5.15. The van der Waals surface area contributed by atoms with Crippen molar-refractivity contribution in [3.8, 4) is 17.2 Å². The average Bonchev–Trinajstić information content (AvgIpc) is 2.98. The molecule has 0 aliphatic carbocycles. The number of aromatic hydroxyl groups is 1. The third-order valence-electron chi connectivity index (χ3n) is 2.77. The van der Waals surface area contributed by atoms with Gasteiger partial charge in [0.05, 0.1) is 12.7 Å². The van der Waals surface area contributed by atoms with Crippen molar-refractivity contribution >= 4 is 17.6 Å². The van der Waals surface area contributed by atoms with E-state index >= 15 is 0 Å². The molecule has 0 amide bonds. The largest absolute Gasteiger partial charge is 0.507 e. The van der Waals surface area contributed by atoms with Gasteiger partial charge in [-0.2, -0.15) is 0 Å². The van der Waals surface area contributed by atoms with Crippen molar-refractivity contribution in [1.82, 2.24) is 10.2 Å². The molecule has 1 aromatic carbocycles. The highest BCUT2D eigenvalue weighted by molar-refractivity contribution is 7.94. The predicted octanol–water partition coefficient (Wildman–Crippen LogP) is 4.24. The maximum absolute atomic E-state index is 10.1. The Labute approximate surface area is 133 Å². The third kappa shape index (κ3) is 3.66. The monoisotopic (exact) mass is 316 g/mol. The van der Waals surface area contributed by atoms with Crippen LogP contribution >= 0.6 is 12.0 Å². The molecule has 1 aromatic heterocycles. The van der Waals surface area contributed by atoms with Crippen molar-refractivity contribution in [2.45, 2.75) is 11.8 Å². The third-order valence-corrected chi connectivity index (χ3v) is 3.39. The van der Waals surface area contributed by atoms with E-state index in [0.29, 0.717) is 11.5 Å². The molecule has 0 spiro atoms. The van der Waals surface area contributed by atoms with Gasteiger partial charge in [0.1, 0.15) is 5.75 Å². The topological polar surface area (TPSA) is 68.4 Å². The molecule has 1 heterocycles. The molecule has 0 saturated heterocycles. The van der Waals surface area contributed by atoms with Crippen LogP contribution in [0.15, 0.2) is 58.4 Å². The number of allylic oxidation sites excluding steroid dienone is 5. The fourth-order valence-electron chi connectivity index (χ4n) is 1.75. The van der Waals surface area contributed by atoms with Crippen LogP contribution in [0.5, 0.6) is 5.75 Å². The van der Waals surface area contributed by atoms with Crippen molar-refractivity contribution in [2.75, 3.05) is 7.11 Å². The van der Waals surface area contributed by atoms with Gasteiger partial charge in [-0.25, -0.2) is 0 Å².